The summed E-state index contributed by atoms with van der Waals surface area (Å²) in [5.74, 6) is -0.0244. The van der Waals surface area contributed by atoms with Gasteiger partial charge in [-0.15, -0.1) is 0 Å². The van der Waals surface area contributed by atoms with Crippen molar-refractivity contribution in [2.75, 3.05) is 19.7 Å². The van der Waals surface area contributed by atoms with Gasteiger partial charge in [0.05, 0.1) is 18.8 Å². The normalized spacial score (nSPS) is 17.1. The molecule has 0 bridgehead atoms. The third-order valence-corrected chi connectivity index (χ3v) is 4.84. The van der Waals surface area contributed by atoms with Crippen LogP contribution in [0.25, 0.3) is 11.3 Å². The number of phenols is 1. The van der Waals surface area contributed by atoms with Crippen LogP contribution in [0.4, 0.5) is 0 Å². The average Bonchev–Trinajstić information content (AvgIpc) is 3.18. The van der Waals surface area contributed by atoms with Crippen molar-refractivity contribution in [3.05, 3.63) is 70.9 Å². The third-order valence-electron chi connectivity index (χ3n) is 4.58. The average molecular weight is 384 g/mol. The number of benzene rings is 2. The molecule has 1 aromatic heterocycles. The van der Waals surface area contributed by atoms with E-state index < -0.39 is 0 Å². The first kappa shape index (κ1) is 17.6. The first-order chi connectivity index (χ1) is 13.1. The van der Waals surface area contributed by atoms with E-state index in [4.69, 9.17) is 16.3 Å². The zero-order valence-electron chi connectivity index (χ0n) is 14.4. The number of nitrogens with zero attached hydrogens (tertiary/aromatic N) is 2. The van der Waals surface area contributed by atoms with E-state index in [1.54, 1.807) is 29.2 Å². The highest BCUT2D eigenvalue weighted by Gasteiger charge is 2.27. The molecule has 27 heavy (non-hydrogen) atoms. The highest BCUT2D eigenvalue weighted by molar-refractivity contribution is 6.30. The topological polar surface area (TPSA) is 78.4 Å². The van der Waals surface area contributed by atoms with Crippen LogP contribution in [0.5, 0.6) is 5.75 Å². The summed E-state index contributed by atoms with van der Waals surface area (Å²) in [5, 5.41) is 17.6. The number of carbonyl (C=O) groups excluding carboxylic acids is 1. The van der Waals surface area contributed by atoms with Crippen LogP contribution in [-0.4, -0.2) is 45.8 Å². The van der Waals surface area contributed by atoms with Gasteiger partial charge in [0.2, 0.25) is 0 Å². The van der Waals surface area contributed by atoms with Crippen LogP contribution in [0.3, 0.4) is 0 Å². The lowest BCUT2D eigenvalue weighted by atomic mass is 10.1. The number of aromatic nitrogens is 2. The number of amides is 1. The molecule has 1 unspecified atom stereocenters. The lowest BCUT2D eigenvalue weighted by Crippen LogP contribution is -2.42. The van der Waals surface area contributed by atoms with Crippen molar-refractivity contribution in [3.8, 4) is 17.0 Å². The summed E-state index contributed by atoms with van der Waals surface area (Å²) in [6.07, 6.45) is -0.194. The zero-order valence-corrected chi connectivity index (χ0v) is 15.2. The summed E-state index contributed by atoms with van der Waals surface area (Å²) in [6.45, 7) is 1.42. The molecule has 1 saturated heterocycles. The summed E-state index contributed by atoms with van der Waals surface area (Å²) in [5.41, 5.74) is 2.47. The number of H-pyrrole nitrogens is 1. The van der Waals surface area contributed by atoms with Gasteiger partial charge in [-0.1, -0.05) is 35.9 Å². The Labute approximate surface area is 161 Å². The summed E-state index contributed by atoms with van der Waals surface area (Å²) in [6, 6.07) is 16.0. The molecule has 2 aromatic carbocycles. The molecule has 2 N–H and O–H groups in total. The predicted molar refractivity (Wildman–Crippen MR) is 102 cm³/mol. The minimum Gasteiger partial charge on any atom is -0.507 e. The number of ether oxygens (including phenoxy) is 1. The Balaban J connectivity index is 1.51. The molecule has 4 rings (SSSR count). The van der Waals surface area contributed by atoms with Gasteiger partial charge in [0, 0.05) is 17.1 Å². The molecule has 2 heterocycles. The summed E-state index contributed by atoms with van der Waals surface area (Å²) in [4.78, 5) is 14.6. The fourth-order valence-electron chi connectivity index (χ4n) is 3.14. The first-order valence-corrected chi connectivity index (χ1v) is 9.00. The Hall–Kier alpha value is -2.83. The second kappa shape index (κ2) is 7.42. The Morgan fingerprint density at radius 3 is 2.78 bits per heavy atom. The van der Waals surface area contributed by atoms with Gasteiger partial charge in [-0.3, -0.25) is 9.89 Å². The van der Waals surface area contributed by atoms with Crippen LogP contribution in [0.2, 0.25) is 5.02 Å². The Morgan fingerprint density at radius 1 is 1.22 bits per heavy atom. The molecule has 0 aliphatic carbocycles. The van der Waals surface area contributed by atoms with Gasteiger partial charge >= 0.3 is 0 Å². The molecule has 1 aliphatic heterocycles. The van der Waals surface area contributed by atoms with E-state index in [9.17, 15) is 9.90 Å². The molecule has 1 amide bonds. The smallest absolute Gasteiger partial charge is 0.272 e. The molecule has 0 saturated carbocycles. The van der Waals surface area contributed by atoms with Crippen molar-refractivity contribution in [2.24, 2.45) is 0 Å². The Kier molecular flexibility index (Phi) is 4.83. The number of hydrogen-bond acceptors (Lipinski definition) is 4. The summed E-state index contributed by atoms with van der Waals surface area (Å²) < 4.78 is 5.81. The van der Waals surface area contributed by atoms with Gasteiger partial charge in [0.25, 0.3) is 5.91 Å². The van der Waals surface area contributed by atoms with Crippen LogP contribution in [-0.2, 0) is 4.74 Å². The molecular weight excluding hydrogens is 366 g/mol. The highest BCUT2D eigenvalue weighted by atomic mass is 35.5. The molecule has 6 nitrogen and oxygen atoms in total. The fourth-order valence-corrected chi connectivity index (χ4v) is 3.27. The van der Waals surface area contributed by atoms with Crippen LogP contribution in [0, 0.1) is 0 Å². The highest BCUT2D eigenvalue weighted by Crippen LogP contribution is 2.28. The number of para-hydroxylation sites is 1. The minimum absolute atomic E-state index is 0.122. The maximum atomic E-state index is 12.9. The number of nitrogens with one attached hydrogen (secondary N) is 1. The van der Waals surface area contributed by atoms with E-state index >= 15 is 0 Å². The lowest BCUT2D eigenvalue weighted by molar-refractivity contribution is -0.0230. The van der Waals surface area contributed by atoms with Crippen LogP contribution in [0.1, 0.15) is 22.2 Å². The van der Waals surface area contributed by atoms with Gasteiger partial charge in [0.1, 0.15) is 17.5 Å². The van der Waals surface area contributed by atoms with Crippen molar-refractivity contribution in [1.29, 1.82) is 0 Å². The molecule has 0 spiro atoms. The molecule has 1 aliphatic rings. The number of aromatic amines is 1. The standard InChI is InChI=1S/C20H18ClN3O3/c21-14-7-5-13(6-8-14)19-12-24(9-10-27-19)20(26)17-11-16(22-23-17)15-3-1-2-4-18(15)25/h1-8,11,19,25H,9-10,12H2,(H,22,23). The third kappa shape index (κ3) is 3.67. The summed E-state index contributed by atoms with van der Waals surface area (Å²) >= 11 is 5.94. The van der Waals surface area contributed by atoms with Gasteiger partial charge in [-0.25, -0.2) is 0 Å². The second-order valence-corrected chi connectivity index (χ2v) is 6.78. The second-order valence-electron chi connectivity index (χ2n) is 6.35. The van der Waals surface area contributed by atoms with Gasteiger partial charge in [-0.05, 0) is 35.9 Å². The number of rotatable bonds is 3. The van der Waals surface area contributed by atoms with Crippen molar-refractivity contribution < 1.29 is 14.6 Å². The molecule has 1 atom stereocenters. The summed E-state index contributed by atoms with van der Waals surface area (Å²) in [7, 11) is 0. The van der Waals surface area contributed by atoms with Gasteiger partial charge < -0.3 is 14.7 Å². The number of halogens is 1. The largest absolute Gasteiger partial charge is 0.507 e. The lowest BCUT2D eigenvalue weighted by Gasteiger charge is -2.33. The van der Waals surface area contributed by atoms with Gasteiger partial charge in [-0.2, -0.15) is 5.10 Å². The molecule has 1 fully saturated rings. The predicted octanol–water partition coefficient (Wildman–Crippen LogP) is 3.65. The minimum atomic E-state index is -0.194. The van der Waals surface area contributed by atoms with Gasteiger partial charge in [0.15, 0.2) is 0 Å². The Bertz CT molecular complexity index is 955. The SMILES string of the molecule is O=C(c1cc(-c2ccccc2O)n[nH]1)N1CCOC(c2ccc(Cl)cc2)C1. The monoisotopic (exact) mass is 383 g/mol. The molecular formula is C20H18ClN3O3. The first-order valence-electron chi connectivity index (χ1n) is 8.62. The van der Waals surface area contributed by atoms with Crippen LogP contribution in [0.15, 0.2) is 54.6 Å². The van der Waals surface area contributed by atoms with E-state index in [2.05, 4.69) is 10.2 Å². The number of carbonyl (C=O) groups is 1. The van der Waals surface area contributed by atoms with Crippen molar-refractivity contribution in [1.82, 2.24) is 15.1 Å². The Morgan fingerprint density at radius 2 is 2.00 bits per heavy atom. The number of phenolic OH excluding ortho intramolecular Hbond substituents is 1. The molecule has 7 heteroatoms. The number of aromatic hydroxyl groups is 1. The van der Waals surface area contributed by atoms with Crippen molar-refractivity contribution >= 4 is 17.5 Å². The van der Waals surface area contributed by atoms with E-state index in [-0.39, 0.29) is 17.8 Å². The van der Waals surface area contributed by atoms with E-state index in [1.165, 1.54) is 0 Å². The van der Waals surface area contributed by atoms with E-state index in [1.807, 2.05) is 30.3 Å². The fraction of sp³-hybridized carbons (Fsp3) is 0.200. The van der Waals surface area contributed by atoms with Crippen molar-refractivity contribution in [2.45, 2.75) is 6.10 Å². The van der Waals surface area contributed by atoms with Crippen LogP contribution < -0.4 is 0 Å². The number of morpholine rings is 1. The van der Waals surface area contributed by atoms with E-state index in [0.717, 1.165) is 5.56 Å². The number of hydrogen-bond donors (Lipinski definition) is 2. The molecule has 0 radical (unpaired) electrons. The van der Waals surface area contributed by atoms with Crippen LogP contribution >= 0.6 is 11.6 Å². The van der Waals surface area contributed by atoms with E-state index in [0.29, 0.717) is 41.7 Å². The quantitative estimate of drug-likeness (QED) is 0.723. The zero-order chi connectivity index (χ0) is 18.8. The molecule has 138 valence electrons. The van der Waals surface area contributed by atoms with Crippen molar-refractivity contribution in [3.63, 3.8) is 0 Å². The maximum Gasteiger partial charge on any atom is 0.272 e. The molecule has 3 aromatic rings. The maximum absolute atomic E-state index is 12.9.